The molecule has 1 saturated heterocycles. The molecule has 0 aromatic rings. The predicted molar refractivity (Wildman–Crippen MR) is 72.5 cm³/mol. The largest absolute Gasteiger partial charge is 0.383 e. The second kappa shape index (κ2) is 8.32. The molecule has 18 heavy (non-hydrogen) atoms. The van der Waals surface area contributed by atoms with Crippen molar-refractivity contribution in [2.45, 2.75) is 26.2 Å². The molecule has 1 aliphatic rings. The second-order valence-corrected chi connectivity index (χ2v) is 5.10. The predicted octanol–water partition coefficient (Wildman–Crippen LogP) is 1.14. The molecule has 106 valence electrons. The summed E-state index contributed by atoms with van der Waals surface area (Å²) in [6, 6.07) is 0.145. The van der Waals surface area contributed by atoms with Crippen LogP contribution >= 0.6 is 0 Å². The molecule has 1 heterocycles. The zero-order chi connectivity index (χ0) is 13.4. The molecule has 5 nitrogen and oxygen atoms in total. The van der Waals surface area contributed by atoms with Gasteiger partial charge < -0.3 is 20.3 Å². The number of nitrogens with zero attached hydrogens (tertiary/aromatic N) is 2. The van der Waals surface area contributed by atoms with E-state index >= 15 is 0 Å². The number of methoxy groups -OCH3 is 1. The Morgan fingerprint density at radius 2 is 2.28 bits per heavy atom. The van der Waals surface area contributed by atoms with Crippen molar-refractivity contribution >= 4 is 6.03 Å². The first-order valence-corrected chi connectivity index (χ1v) is 6.92. The van der Waals surface area contributed by atoms with Crippen LogP contribution in [0.5, 0.6) is 0 Å². The number of hydrogen-bond donors (Lipinski definition) is 1. The molecule has 1 fully saturated rings. The Morgan fingerprint density at radius 1 is 1.50 bits per heavy atom. The van der Waals surface area contributed by atoms with E-state index in [0.29, 0.717) is 25.6 Å². The highest BCUT2D eigenvalue weighted by Gasteiger charge is 2.24. The average molecular weight is 257 g/mol. The van der Waals surface area contributed by atoms with Gasteiger partial charge in [-0.25, -0.2) is 4.79 Å². The lowest BCUT2D eigenvalue weighted by Gasteiger charge is -2.35. The maximum Gasteiger partial charge on any atom is 0.320 e. The van der Waals surface area contributed by atoms with Gasteiger partial charge in [0.15, 0.2) is 0 Å². The van der Waals surface area contributed by atoms with Crippen LogP contribution in [-0.4, -0.2) is 62.3 Å². The fourth-order valence-electron chi connectivity index (χ4n) is 2.35. The summed E-state index contributed by atoms with van der Waals surface area (Å²) in [7, 11) is 1.66. The van der Waals surface area contributed by atoms with Gasteiger partial charge in [0.05, 0.1) is 6.61 Å². The van der Waals surface area contributed by atoms with Crippen LogP contribution in [0.15, 0.2) is 0 Å². The number of carbonyl (C=O) groups is 1. The SMILES string of the molecule is COCCN(CCCN)C(=O)N1CCCC(C)C1. The van der Waals surface area contributed by atoms with E-state index in [9.17, 15) is 4.79 Å². The Labute approximate surface area is 110 Å². The van der Waals surface area contributed by atoms with Crippen molar-refractivity contribution in [3.63, 3.8) is 0 Å². The van der Waals surface area contributed by atoms with E-state index in [4.69, 9.17) is 10.5 Å². The lowest BCUT2D eigenvalue weighted by molar-refractivity contribution is 0.111. The molecule has 2 amide bonds. The molecule has 1 aliphatic heterocycles. The Balaban J connectivity index is 2.50. The van der Waals surface area contributed by atoms with Gasteiger partial charge in [-0.15, -0.1) is 0 Å². The van der Waals surface area contributed by atoms with Gasteiger partial charge in [-0.1, -0.05) is 6.92 Å². The van der Waals surface area contributed by atoms with Gasteiger partial charge in [-0.3, -0.25) is 0 Å². The van der Waals surface area contributed by atoms with Crippen molar-refractivity contribution < 1.29 is 9.53 Å². The van der Waals surface area contributed by atoms with Crippen LogP contribution in [-0.2, 0) is 4.74 Å². The zero-order valence-corrected chi connectivity index (χ0v) is 11.7. The monoisotopic (exact) mass is 257 g/mol. The molecule has 0 bridgehead atoms. The molecule has 0 spiro atoms. The minimum absolute atomic E-state index is 0.145. The van der Waals surface area contributed by atoms with Crippen molar-refractivity contribution in [3.05, 3.63) is 0 Å². The Bertz CT molecular complexity index is 240. The minimum Gasteiger partial charge on any atom is -0.383 e. The maximum absolute atomic E-state index is 12.4. The smallest absolute Gasteiger partial charge is 0.320 e. The van der Waals surface area contributed by atoms with Gasteiger partial charge in [-0.05, 0) is 31.7 Å². The standard InChI is InChI=1S/C13H27N3O2/c1-12-5-3-7-16(11-12)13(17)15(8-4-6-14)9-10-18-2/h12H,3-11,14H2,1-2H3. The van der Waals surface area contributed by atoms with E-state index in [-0.39, 0.29) is 6.03 Å². The quantitative estimate of drug-likeness (QED) is 0.776. The normalized spacial score (nSPS) is 19.9. The first-order valence-electron chi connectivity index (χ1n) is 6.92. The van der Waals surface area contributed by atoms with Crippen LogP contribution < -0.4 is 5.73 Å². The van der Waals surface area contributed by atoms with Gasteiger partial charge in [-0.2, -0.15) is 0 Å². The van der Waals surface area contributed by atoms with Gasteiger partial charge in [0.2, 0.25) is 0 Å². The van der Waals surface area contributed by atoms with E-state index in [1.165, 1.54) is 6.42 Å². The van der Waals surface area contributed by atoms with Crippen molar-refractivity contribution in [1.29, 1.82) is 0 Å². The highest BCUT2D eigenvalue weighted by atomic mass is 16.5. The molecular weight excluding hydrogens is 230 g/mol. The highest BCUT2D eigenvalue weighted by molar-refractivity contribution is 5.74. The van der Waals surface area contributed by atoms with Gasteiger partial charge in [0.1, 0.15) is 0 Å². The van der Waals surface area contributed by atoms with Crippen LogP contribution in [0.25, 0.3) is 0 Å². The molecule has 0 aromatic heterocycles. The Kier molecular flexibility index (Phi) is 7.05. The maximum atomic E-state index is 12.4. The number of likely N-dealkylation sites (tertiary alicyclic amines) is 1. The third kappa shape index (κ3) is 4.82. The number of nitrogens with two attached hydrogens (primary N) is 1. The number of carbonyl (C=O) groups excluding carboxylic acids is 1. The Morgan fingerprint density at radius 3 is 2.89 bits per heavy atom. The molecule has 1 rings (SSSR count). The second-order valence-electron chi connectivity index (χ2n) is 5.10. The molecule has 1 unspecified atom stereocenters. The number of hydrogen-bond acceptors (Lipinski definition) is 3. The van der Waals surface area contributed by atoms with Crippen LogP contribution in [0.3, 0.4) is 0 Å². The molecule has 0 aromatic carbocycles. The van der Waals surface area contributed by atoms with Gasteiger partial charge >= 0.3 is 6.03 Å². The summed E-state index contributed by atoms with van der Waals surface area (Å²) in [4.78, 5) is 16.3. The van der Waals surface area contributed by atoms with Gasteiger partial charge in [0.25, 0.3) is 0 Å². The third-order valence-electron chi connectivity index (χ3n) is 3.40. The zero-order valence-electron chi connectivity index (χ0n) is 11.7. The first kappa shape index (κ1) is 15.2. The lowest BCUT2D eigenvalue weighted by Crippen LogP contribution is -2.48. The van der Waals surface area contributed by atoms with Crippen LogP contribution in [0.2, 0.25) is 0 Å². The van der Waals surface area contributed by atoms with E-state index < -0.39 is 0 Å². The number of piperidine rings is 1. The summed E-state index contributed by atoms with van der Waals surface area (Å²) in [5, 5.41) is 0. The third-order valence-corrected chi connectivity index (χ3v) is 3.40. The molecule has 0 radical (unpaired) electrons. The minimum atomic E-state index is 0.145. The van der Waals surface area contributed by atoms with Crippen molar-refractivity contribution in [2.24, 2.45) is 11.7 Å². The van der Waals surface area contributed by atoms with E-state index in [1.807, 2.05) is 9.80 Å². The lowest BCUT2D eigenvalue weighted by atomic mass is 10.0. The summed E-state index contributed by atoms with van der Waals surface area (Å²) in [6.45, 7) is 6.55. The summed E-state index contributed by atoms with van der Waals surface area (Å²) < 4.78 is 5.07. The van der Waals surface area contributed by atoms with Crippen molar-refractivity contribution in [3.8, 4) is 0 Å². The fourth-order valence-corrected chi connectivity index (χ4v) is 2.35. The van der Waals surface area contributed by atoms with Crippen molar-refractivity contribution in [1.82, 2.24) is 9.80 Å². The van der Waals surface area contributed by atoms with Crippen LogP contribution in [0.4, 0.5) is 4.79 Å². The summed E-state index contributed by atoms with van der Waals surface area (Å²) in [6.07, 6.45) is 3.19. The topological polar surface area (TPSA) is 58.8 Å². The van der Waals surface area contributed by atoms with Crippen LogP contribution in [0, 0.1) is 5.92 Å². The summed E-state index contributed by atoms with van der Waals surface area (Å²) in [5.74, 6) is 0.612. The van der Waals surface area contributed by atoms with E-state index in [1.54, 1.807) is 7.11 Å². The number of urea groups is 1. The summed E-state index contributed by atoms with van der Waals surface area (Å²) in [5.41, 5.74) is 5.52. The number of amides is 2. The molecule has 1 atom stereocenters. The molecular formula is C13H27N3O2. The molecule has 0 saturated carbocycles. The van der Waals surface area contributed by atoms with Gasteiger partial charge in [0, 0.05) is 33.3 Å². The summed E-state index contributed by atoms with van der Waals surface area (Å²) >= 11 is 0. The van der Waals surface area contributed by atoms with Crippen molar-refractivity contribution in [2.75, 3.05) is 46.4 Å². The van der Waals surface area contributed by atoms with E-state index in [2.05, 4.69) is 6.92 Å². The Hall–Kier alpha value is -0.810. The first-order chi connectivity index (χ1) is 8.69. The number of rotatable bonds is 6. The average Bonchev–Trinajstić information content (AvgIpc) is 2.38. The molecule has 2 N–H and O–H groups in total. The number of ether oxygens (including phenoxy) is 1. The van der Waals surface area contributed by atoms with Crippen LogP contribution in [0.1, 0.15) is 26.2 Å². The fraction of sp³-hybridized carbons (Fsp3) is 0.923. The van der Waals surface area contributed by atoms with E-state index in [0.717, 1.165) is 32.5 Å². The molecule has 0 aliphatic carbocycles. The highest BCUT2D eigenvalue weighted by Crippen LogP contribution is 2.16. The molecule has 5 heteroatoms.